The molecule has 1 aliphatic heterocycles. The highest BCUT2D eigenvalue weighted by Gasteiger charge is 2.33. The number of hydrogen-bond donors (Lipinski definition) is 1. The predicted octanol–water partition coefficient (Wildman–Crippen LogP) is 6.34. The molecular formula is C26H28ClN3OS2. The highest BCUT2D eigenvalue weighted by Crippen LogP contribution is 2.40. The maximum Gasteiger partial charge on any atom is 0.266 e. The van der Waals surface area contributed by atoms with E-state index in [0.717, 1.165) is 41.5 Å². The summed E-state index contributed by atoms with van der Waals surface area (Å²) >= 11 is 10.1. The molecule has 0 radical (unpaired) electrons. The number of thiophene rings is 1. The number of carbonyl (C=O) groups is 1. The number of carbonyl (C=O) groups excluding carboxylic acids is 1. The minimum absolute atomic E-state index is 0.0698. The molecule has 1 amide bonds. The molecule has 172 valence electrons. The predicted molar refractivity (Wildman–Crippen MR) is 140 cm³/mol. The number of rotatable bonds is 6. The van der Waals surface area contributed by atoms with Crippen LogP contribution in [-0.2, 0) is 0 Å². The molecule has 4 nitrogen and oxygen atoms in total. The Balaban J connectivity index is 1.42. The number of thioether (sulfide) groups is 1. The summed E-state index contributed by atoms with van der Waals surface area (Å²) in [6, 6.07) is 12.9. The van der Waals surface area contributed by atoms with Crippen LogP contribution >= 0.6 is 34.7 Å². The number of aromatic nitrogens is 1. The quantitative estimate of drug-likeness (QED) is 0.431. The molecule has 1 fully saturated rings. The van der Waals surface area contributed by atoms with Gasteiger partial charge in [0.25, 0.3) is 5.91 Å². The zero-order chi connectivity index (χ0) is 22.8. The molecule has 3 aromatic rings. The molecule has 0 saturated heterocycles. The topological polar surface area (TPSA) is 45.2 Å². The molecule has 3 heterocycles. The van der Waals surface area contributed by atoms with E-state index in [1.165, 1.54) is 21.8 Å². The summed E-state index contributed by atoms with van der Waals surface area (Å²) in [5, 5.41) is 4.97. The van der Waals surface area contributed by atoms with Crippen LogP contribution in [0, 0.1) is 0 Å². The summed E-state index contributed by atoms with van der Waals surface area (Å²) in [5.74, 6) is 1.42. The fourth-order valence-corrected chi connectivity index (χ4v) is 7.54. The average Bonchev–Trinajstić information content (AvgIpc) is 3.48. The second-order valence-electron chi connectivity index (χ2n) is 8.81. The van der Waals surface area contributed by atoms with E-state index in [1.54, 1.807) is 0 Å². The van der Waals surface area contributed by atoms with Gasteiger partial charge in [0.15, 0.2) is 0 Å². The van der Waals surface area contributed by atoms with Crippen molar-refractivity contribution in [3.8, 4) is 0 Å². The largest absolute Gasteiger partial charge is 0.330 e. The Bertz CT molecular complexity index is 1150. The molecule has 33 heavy (non-hydrogen) atoms. The fourth-order valence-electron chi connectivity index (χ4n) is 4.90. The Hall–Kier alpha value is -1.86. The molecule has 0 bridgehead atoms. The van der Waals surface area contributed by atoms with Crippen LogP contribution in [0.15, 0.2) is 59.8 Å². The normalized spacial score (nSPS) is 23.0. The molecule has 1 aromatic carbocycles. The van der Waals surface area contributed by atoms with E-state index < -0.39 is 0 Å². The van der Waals surface area contributed by atoms with Crippen molar-refractivity contribution in [1.29, 1.82) is 0 Å². The van der Waals surface area contributed by atoms with Crippen molar-refractivity contribution < 1.29 is 4.79 Å². The van der Waals surface area contributed by atoms with Gasteiger partial charge in [-0.3, -0.25) is 9.78 Å². The van der Waals surface area contributed by atoms with Gasteiger partial charge < -0.3 is 10.2 Å². The standard InChI is InChI=1S/C26H28ClN3OS2/c1-28-19-8-10-20(11-9-19)30(15-21-13-18(16-32-21)17-5-4-12-29-14-17)26(31)25-24(27)22-6-2-3-7-23(22)33-25/h2-7,12-14,18-20,28H,8-11,15-16H2,1H3. The van der Waals surface area contributed by atoms with Gasteiger partial charge in [0.05, 0.1) is 11.6 Å². The molecule has 1 unspecified atom stereocenters. The molecule has 1 saturated carbocycles. The van der Waals surface area contributed by atoms with Crippen LogP contribution in [0.5, 0.6) is 0 Å². The smallest absolute Gasteiger partial charge is 0.266 e. The van der Waals surface area contributed by atoms with Crippen LogP contribution < -0.4 is 5.32 Å². The van der Waals surface area contributed by atoms with E-state index in [9.17, 15) is 4.79 Å². The number of benzene rings is 1. The third-order valence-electron chi connectivity index (χ3n) is 6.81. The number of pyridine rings is 1. The van der Waals surface area contributed by atoms with Gasteiger partial charge in [-0.25, -0.2) is 0 Å². The highest BCUT2D eigenvalue weighted by molar-refractivity contribution is 8.03. The van der Waals surface area contributed by atoms with Crippen LogP contribution in [0.4, 0.5) is 0 Å². The lowest BCUT2D eigenvalue weighted by atomic mass is 9.90. The first-order valence-electron chi connectivity index (χ1n) is 11.5. The van der Waals surface area contributed by atoms with Crippen molar-refractivity contribution in [2.75, 3.05) is 19.3 Å². The van der Waals surface area contributed by atoms with Crippen molar-refractivity contribution >= 4 is 50.7 Å². The van der Waals surface area contributed by atoms with Gasteiger partial charge in [-0.1, -0.05) is 41.9 Å². The van der Waals surface area contributed by atoms with Crippen molar-refractivity contribution in [3.05, 3.63) is 75.2 Å². The third kappa shape index (κ3) is 4.85. The Morgan fingerprint density at radius 1 is 1.18 bits per heavy atom. The molecule has 1 aliphatic carbocycles. The zero-order valence-corrected chi connectivity index (χ0v) is 21.1. The van der Waals surface area contributed by atoms with Crippen molar-refractivity contribution in [2.24, 2.45) is 0 Å². The van der Waals surface area contributed by atoms with E-state index >= 15 is 0 Å². The Morgan fingerprint density at radius 3 is 2.73 bits per heavy atom. The van der Waals surface area contributed by atoms with Crippen LogP contribution in [0.1, 0.15) is 46.8 Å². The second-order valence-corrected chi connectivity index (χ2v) is 11.4. The van der Waals surface area contributed by atoms with Gasteiger partial charge in [-0.15, -0.1) is 23.1 Å². The van der Waals surface area contributed by atoms with E-state index in [1.807, 2.05) is 61.5 Å². The van der Waals surface area contributed by atoms with E-state index in [4.69, 9.17) is 11.6 Å². The maximum absolute atomic E-state index is 13.9. The second kappa shape index (κ2) is 10.2. The minimum atomic E-state index is 0.0698. The average molecular weight is 498 g/mol. The highest BCUT2D eigenvalue weighted by atomic mass is 35.5. The van der Waals surface area contributed by atoms with Crippen molar-refractivity contribution in [2.45, 2.75) is 43.7 Å². The Kier molecular flexibility index (Phi) is 7.07. The number of nitrogens with one attached hydrogen (secondary N) is 1. The summed E-state index contributed by atoms with van der Waals surface area (Å²) in [5.41, 5.74) is 1.24. The molecule has 7 heteroatoms. The summed E-state index contributed by atoms with van der Waals surface area (Å²) in [6.45, 7) is 0.653. The first kappa shape index (κ1) is 22.9. The van der Waals surface area contributed by atoms with Crippen LogP contribution in [0.25, 0.3) is 10.1 Å². The third-order valence-corrected chi connectivity index (χ3v) is 9.64. The molecule has 1 atom stereocenters. The molecule has 5 rings (SSSR count). The van der Waals surface area contributed by atoms with Crippen molar-refractivity contribution in [1.82, 2.24) is 15.2 Å². The molecular weight excluding hydrogens is 470 g/mol. The number of amides is 1. The SMILES string of the molecule is CNC1CCC(N(CC2=CC(c3cccnc3)CS2)C(=O)c2sc3ccccc3c2Cl)CC1. The summed E-state index contributed by atoms with van der Waals surface area (Å²) in [7, 11) is 2.03. The first-order chi connectivity index (χ1) is 16.1. The molecule has 0 spiro atoms. The lowest BCUT2D eigenvalue weighted by Crippen LogP contribution is -2.45. The lowest BCUT2D eigenvalue weighted by molar-refractivity contribution is 0.0654. The van der Waals surface area contributed by atoms with Gasteiger partial charge in [0, 0.05) is 51.1 Å². The maximum atomic E-state index is 13.9. The van der Waals surface area contributed by atoms with E-state index in [-0.39, 0.29) is 11.9 Å². The van der Waals surface area contributed by atoms with Crippen LogP contribution in [0.2, 0.25) is 5.02 Å². The van der Waals surface area contributed by atoms with Gasteiger partial charge in [-0.2, -0.15) is 0 Å². The number of nitrogens with zero attached hydrogens (tertiary/aromatic N) is 2. The number of halogens is 1. The van der Waals surface area contributed by atoms with Gasteiger partial charge in [-0.05, 0) is 50.4 Å². The van der Waals surface area contributed by atoms with Gasteiger partial charge in [0.1, 0.15) is 4.88 Å². The minimum Gasteiger partial charge on any atom is -0.330 e. The number of allylic oxidation sites excluding steroid dienone is 1. The van der Waals surface area contributed by atoms with E-state index in [0.29, 0.717) is 28.4 Å². The summed E-state index contributed by atoms with van der Waals surface area (Å²) < 4.78 is 1.07. The summed E-state index contributed by atoms with van der Waals surface area (Å²) in [6.07, 6.45) is 10.3. The van der Waals surface area contributed by atoms with Crippen LogP contribution in [0.3, 0.4) is 0 Å². The van der Waals surface area contributed by atoms with Gasteiger partial charge in [0.2, 0.25) is 0 Å². The lowest BCUT2D eigenvalue weighted by Gasteiger charge is -2.37. The number of fused-ring (bicyclic) bond motifs is 1. The molecule has 1 N–H and O–H groups in total. The molecule has 2 aromatic heterocycles. The van der Waals surface area contributed by atoms with Gasteiger partial charge >= 0.3 is 0 Å². The Labute approximate surface area is 208 Å². The van der Waals surface area contributed by atoms with Crippen molar-refractivity contribution in [3.63, 3.8) is 0 Å². The monoisotopic (exact) mass is 497 g/mol. The number of hydrogen-bond acceptors (Lipinski definition) is 5. The summed E-state index contributed by atoms with van der Waals surface area (Å²) in [4.78, 5) is 22.2. The van der Waals surface area contributed by atoms with E-state index in [2.05, 4.69) is 27.3 Å². The first-order valence-corrected chi connectivity index (χ1v) is 13.7. The van der Waals surface area contributed by atoms with Crippen LogP contribution in [-0.4, -0.2) is 47.2 Å². The Morgan fingerprint density at radius 2 is 2.00 bits per heavy atom. The fraction of sp³-hybridized carbons (Fsp3) is 0.385. The zero-order valence-electron chi connectivity index (χ0n) is 18.7. The molecule has 2 aliphatic rings.